The van der Waals surface area contributed by atoms with Crippen LogP contribution in [0.2, 0.25) is 0 Å². The Bertz CT molecular complexity index is 686. The summed E-state index contributed by atoms with van der Waals surface area (Å²) in [6, 6.07) is 13.9. The number of rotatable bonds is 7. The number of nitrogens with zero attached hydrogens (tertiary/aromatic N) is 1. The van der Waals surface area contributed by atoms with E-state index in [1.165, 1.54) is 19.3 Å². The van der Waals surface area contributed by atoms with Crippen molar-refractivity contribution in [2.45, 2.75) is 51.2 Å². The van der Waals surface area contributed by atoms with Gasteiger partial charge in [0.2, 0.25) is 0 Å². The minimum Gasteiger partial charge on any atom is -0.461 e. The minimum atomic E-state index is -0.173. The topological polar surface area (TPSA) is 42.7 Å². The predicted molar refractivity (Wildman–Crippen MR) is 102 cm³/mol. The van der Waals surface area contributed by atoms with Crippen LogP contribution in [0.1, 0.15) is 55.1 Å². The van der Waals surface area contributed by atoms with E-state index in [0.717, 1.165) is 30.7 Å². The lowest BCUT2D eigenvalue weighted by molar-refractivity contribution is -0.149. The van der Waals surface area contributed by atoms with Gasteiger partial charge < -0.3 is 14.1 Å². The molecule has 1 aliphatic rings. The Hall–Kier alpha value is -2.07. The zero-order valence-corrected chi connectivity index (χ0v) is 15.8. The molecule has 0 saturated heterocycles. The van der Waals surface area contributed by atoms with Gasteiger partial charge in [-0.3, -0.25) is 4.79 Å². The van der Waals surface area contributed by atoms with Gasteiger partial charge in [0.15, 0.2) is 0 Å². The fourth-order valence-electron chi connectivity index (χ4n) is 3.86. The van der Waals surface area contributed by atoms with E-state index >= 15 is 0 Å². The molecule has 1 fully saturated rings. The van der Waals surface area contributed by atoms with Crippen LogP contribution in [0.3, 0.4) is 0 Å². The lowest BCUT2D eigenvalue weighted by Crippen LogP contribution is -2.25. The molecule has 140 valence electrons. The number of carbonyl (C=O) groups is 1. The van der Waals surface area contributed by atoms with Crippen LogP contribution in [0.4, 0.5) is 0 Å². The van der Waals surface area contributed by atoms with Crippen LogP contribution < -0.4 is 0 Å². The molecule has 1 atom stereocenters. The monoisotopic (exact) mass is 355 g/mol. The van der Waals surface area contributed by atoms with Crippen molar-refractivity contribution in [3.63, 3.8) is 0 Å². The van der Waals surface area contributed by atoms with Gasteiger partial charge in [-0.05, 0) is 50.6 Å². The highest BCUT2D eigenvalue weighted by Crippen LogP contribution is 2.37. The summed E-state index contributed by atoms with van der Waals surface area (Å²) in [5.74, 6) is 1.65. The third kappa shape index (κ3) is 4.98. The summed E-state index contributed by atoms with van der Waals surface area (Å²) in [6.07, 6.45) is 5.87. The van der Waals surface area contributed by atoms with Gasteiger partial charge in [-0.25, -0.2) is 0 Å². The first-order chi connectivity index (χ1) is 12.6. The average Bonchev–Trinajstić information content (AvgIpc) is 3.09. The zero-order chi connectivity index (χ0) is 18.4. The molecule has 1 saturated carbocycles. The summed E-state index contributed by atoms with van der Waals surface area (Å²) in [6.45, 7) is 0.935. The molecule has 4 heteroatoms. The first-order valence-electron chi connectivity index (χ1n) is 9.57. The van der Waals surface area contributed by atoms with E-state index in [1.807, 2.05) is 61.5 Å². The number of benzene rings is 1. The average molecular weight is 355 g/mol. The van der Waals surface area contributed by atoms with Crippen molar-refractivity contribution in [2.75, 3.05) is 14.1 Å². The van der Waals surface area contributed by atoms with Crippen molar-refractivity contribution >= 4 is 5.97 Å². The highest BCUT2D eigenvalue weighted by Gasteiger charge is 2.32. The first kappa shape index (κ1) is 18.7. The Morgan fingerprint density at radius 3 is 2.46 bits per heavy atom. The zero-order valence-electron chi connectivity index (χ0n) is 15.8. The molecule has 1 aromatic carbocycles. The van der Waals surface area contributed by atoms with Gasteiger partial charge in [-0.1, -0.05) is 49.6 Å². The van der Waals surface area contributed by atoms with Gasteiger partial charge in [0.1, 0.15) is 18.1 Å². The van der Waals surface area contributed by atoms with E-state index < -0.39 is 0 Å². The minimum absolute atomic E-state index is 0.131. The van der Waals surface area contributed by atoms with Gasteiger partial charge >= 0.3 is 5.97 Å². The second kappa shape index (κ2) is 9.04. The second-order valence-corrected chi connectivity index (χ2v) is 7.50. The summed E-state index contributed by atoms with van der Waals surface area (Å²) in [4.78, 5) is 15.0. The number of hydrogen-bond donors (Lipinski definition) is 0. The molecule has 0 bridgehead atoms. The summed E-state index contributed by atoms with van der Waals surface area (Å²) in [5.41, 5.74) is 1.07. The van der Waals surface area contributed by atoms with Crippen molar-refractivity contribution in [3.8, 4) is 0 Å². The molecule has 0 aliphatic heterocycles. The lowest BCUT2D eigenvalue weighted by atomic mass is 9.77. The Labute approximate surface area is 156 Å². The molecular formula is C22H29NO3. The molecule has 1 aliphatic carbocycles. The van der Waals surface area contributed by atoms with Crippen molar-refractivity contribution in [1.82, 2.24) is 4.90 Å². The highest BCUT2D eigenvalue weighted by atomic mass is 16.5. The summed E-state index contributed by atoms with van der Waals surface area (Å²) in [5, 5.41) is 0. The smallest absolute Gasteiger partial charge is 0.314 e. The number of hydrogen-bond acceptors (Lipinski definition) is 4. The SMILES string of the molecule is CN(C)Cc1ccc(COC(=O)C(c2ccccc2)C2CCCCC2)o1. The molecule has 0 radical (unpaired) electrons. The van der Waals surface area contributed by atoms with E-state index in [0.29, 0.717) is 11.7 Å². The molecule has 0 spiro atoms. The number of ether oxygens (including phenoxy) is 1. The molecule has 2 aromatic rings. The molecule has 0 amide bonds. The molecule has 1 heterocycles. The maximum Gasteiger partial charge on any atom is 0.314 e. The van der Waals surface area contributed by atoms with Gasteiger partial charge in [0, 0.05) is 0 Å². The number of esters is 1. The largest absolute Gasteiger partial charge is 0.461 e. The van der Waals surface area contributed by atoms with E-state index in [2.05, 4.69) is 0 Å². The van der Waals surface area contributed by atoms with E-state index in [9.17, 15) is 4.79 Å². The summed E-state index contributed by atoms with van der Waals surface area (Å²) < 4.78 is 11.4. The van der Waals surface area contributed by atoms with Gasteiger partial charge in [0.05, 0.1) is 12.5 Å². The van der Waals surface area contributed by atoms with Crippen molar-refractivity contribution in [3.05, 3.63) is 59.5 Å². The van der Waals surface area contributed by atoms with Crippen LogP contribution >= 0.6 is 0 Å². The Morgan fingerprint density at radius 1 is 1.08 bits per heavy atom. The van der Waals surface area contributed by atoms with Crippen molar-refractivity contribution in [2.24, 2.45) is 5.92 Å². The van der Waals surface area contributed by atoms with Crippen molar-refractivity contribution < 1.29 is 13.9 Å². The van der Waals surface area contributed by atoms with Crippen LogP contribution in [0.15, 0.2) is 46.9 Å². The quantitative estimate of drug-likeness (QED) is 0.672. The van der Waals surface area contributed by atoms with E-state index in [1.54, 1.807) is 0 Å². The van der Waals surface area contributed by atoms with Crippen LogP contribution in [0, 0.1) is 5.92 Å². The normalized spacial score (nSPS) is 16.6. The van der Waals surface area contributed by atoms with Crippen LogP contribution in [-0.4, -0.2) is 25.0 Å². The second-order valence-electron chi connectivity index (χ2n) is 7.50. The fourth-order valence-corrected chi connectivity index (χ4v) is 3.86. The van der Waals surface area contributed by atoms with Crippen LogP contribution in [-0.2, 0) is 22.7 Å². The lowest BCUT2D eigenvalue weighted by Gasteiger charge is -2.29. The van der Waals surface area contributed by atoms with Crippen LogP contribution in [0.5, 0.6) is 0 Å². The molecule has 26 heavy (non-hydrogen) atoms. The van der Waals surface area contributed by atoms with Gasteiger partial charge in [0.25, 0.3) is 0 Å². The van der Waals surface area contributed by atoms with E-state index in [-0.39, 0.29) is 18.5 Å². The molecule has 4 nitrogen and oxygen atoms in total. The third-order valence-electron chi connectivity index (χ3n) is 5.08. The number of carbonyl (C=O) groups excluding carboxylic acids is 1. The standard InChI is InChI=1S/C22H29NO3/c1-23(2)15-19-13-14-20(26-19)16-25-22(24)21(17-9-5-3-6-10-17)18-11-7-4-8-12-18/h3,5-6,9-10,13-14,18,21H,4,7-8,11-12,15-16H2,1-2H3. The summed E-state index contributed by atoms with van der Waals surface area (Å²) >= 11 is 0. The highest BCUT2D eigenvalue weighted by molar-refractivity contribution is 5.78. The Kier molecular flexibility index (Phi) is 6.51. The Morgan fingerprint density at radius 2 is 1.77 bits per heavy atom. The fraction of sp³-hybridized carbons (Fsp3) is 0.500. The summed E-state index contributed by atoms with van der Waals surface area (Å²) in [7, 11) is 3.99. The van der Waals surface area contributed by atoms with Crippen LogP contribution in [0.25, 0.3) is 0 Å². The van der Waals surface area contributed by atoms with Gasteiger partial charge in [-0.2, -0.15) is 0 Å². The maximum absolute atomic E-state index is 12.9. The first-order valence-corrected chi connectivity index (χ1v) is 9.57. The molecule has 1 aromatic heterocycles. The maximum atomic E-state index is 12.9. The van der Waals surface area contributed by atoms with Crippen molar-refractivity contribution in [1.29, 1.82) is 0 Å². The Balaban J connectivity index is 1.66. The van der Waals surface area contributed by atoms with Gasteiger partial charge in [-0.15, -0.1) is 0 Å². The van der Waals surface area contributed by atoms with E-state index in [4.69, 9.17) is 9.15 Å². The third-order valence-corrected chi connectivity index (χ3v) is 5.08. The predicted octanol–water partition coefficient (Wildman–Crippen LogP) is 4.75. The molecule has 1 unspecified atom stereocenters. The molecule has 0 N–H and O–H groups in total. The molecular weight excluding hydrogens is 326 g/mol. The molecule has 3 rings (SSSR count). The number of furan rings is 1.